The van der Waals surface area contributed by atoms with Crippen LogP contribution in [0, 0.1) is 17.7 Å². The number of esters is 1. The Hall–Kier alpha value is -4.25. The average Bonchev–Trinajstić information content (AvgIpc) is 3.58. The van der Waals surface area contributed by atoms with Gasteiger partial charge in [0.1, 0.15) is 5.82 Å². The van der Waals surface area contributed by atoms with Gasteiger partial charge in [-0.05, 0) is 77.4 Å². The van der Waals surface area contributed by atoms with Gasteiger partial charge in [-0.15, -0.1) is 0 Å². The molecule has 3 aromatic rings. The summed E-state index contributed by atoms with van der Waals surface area (Å²) in [5, 5.41) is 6.81. The third kappa shape index (κ3) is 4.40. The molecule has 3 aromatic carbocycles. The highest BCUT2D eigenvalue weighted by Gasteiger charge is 2.53. The van der Waals surface area contributed by atoms with Crippen LogP contribution in [0.15, 0.2) is 48.5 Å². The van der Waals surface area contributed by atoms with E-state index in [-0.39, 0.29) is 37.1 Å². The van der Waals surface area contributed by atoms with Gasteiger partial charge in [-0.1, -0.05) is 0 Å². The number of hydrogen-bond acceptors (Lipinski definition) is 8. The number of carbonyl (C=O) groups is 1. The molecule has 0 spiro atoms. The SMILES string of the molecule is COc1cc([C@@H]2c3cc4c(cc3[C@@H](NC(=S)Nc3ccc(F)cc3)[C@H]3COC(=O)[C@H]23)OCO4)cc(OC)c1OC. The second-order valence-electron chi connectivity index (χ2n) is 9.67. The molecule has 6 rings (SSSR count). The number of cyclic esters (lactones) is 1. The maximum absolute atomic E-state index is 13.4. The van der Waals surface area contributed by atoms with Crippen LogP contribution in [0.1, 0.15) is 28.7 Å². The Morgan fingerprint density at radius 2 is 1.57 bits per heavy atom. The van der Waals surface area contributed by atoms with Gasteiger partial charge in [0, 0.05) is 17.5 Å². The van der Waals surface area contributed by atoms with E-state index < -0.39 is 11.8 Å². The number of methoxy groups -OCH3 is 3. The van der Waals surface area contributed by atoms with Crippen LogP contribution in [0.25, 0.3) is 0 Å². The lowest BCUT2D eigenvalue weighted by molar-refractivity contribution is -0.141. The number of thiocarbonyl (C=S) groups is 1. The zero-order chi connectivity index (χ0) is 28.0. The zero-order valence-electron chi connectivity index (χ0n) is 22.0. The number of carbonyl (C=O) groups excluding carboxylic acids is 1. The first-order valence-electron chi connectivity index (χ1n) is 12.6. The molecule has 2 heterocycles. The minimum atomic E-state index is -0.540. The van der Waals surface area contributed by atoms with Crippen molar-refractivity contribution in [3.63, 3.8) is 0 Å². The van der Waals surface area contributed by atoms with Crippen LogP contribution >= 0.6 is 12.2 Å². The Balaban J connectivity index is 1.46. The molecular weight excluding hydrogens is 539 g/mol. The van der Waals surface area contributed by atoms with Gasteiger partial charge in [-0.25, -0.2) is 4.39 Å². The highest BCUT2D eigenvalue weighted by Crippen LogP contribution is 2.55. The van der Waals surface area contributed by atoms with E-state index in [1.807, 2.05) is 24.3 Å². The summed E-state index contributed by atoms with van der Waals surface area (Å²) in [6.45, 7) is 0.305. The molecule has 208 valence electrons. The standard InChI is InChI=1S/C29H27FN2O7S/c1-34-22-8-14(9-23(35-2)27(22)36-3)24-17-10-20-21(39-13-38-20)11-18(17)26(19-12-37-28(33)25(19)24)32-29(40)31-16-6-4-15(30)5-7-16/h4-11,19,24-26H,12-13H2,1-3H3,(H2,31,32,40)/t19-,24+,25-,26+/m0/s1. The molecule has 0 aromatic heterocycles. The van der Waals surface area contributed by atoms with E-state index in [1.54, 1.807) is 33.5 Å². The predicted molar refractivity (Wildman–Crippen MR) is 147 cm³/mol. The number of nitrogens with one attached hydrogen (secondary N) is 2. The Labute approximate surface area is 235 Å². The molecule has 4 atom stereocenters. The summed E-state index contributed by atoms with van der Waals surface area (Å²) < 4.78 is 47.3. The quantitative estimate of drug-likeness (QED) is 0.327. The molecule has 1 fully saturated rings. The topological polar surface area (TPSA) is 96.5 Å². The van der Waals surface area contributed by atoms with Gasteiger partial charge in [0.05, 0.1) is 39.9 Å². The van der Waals surface area contributed by atoms with Crippen LogP contribution in [0.3, 0.4) is 0 Å². The molecule has 9 nitrogen and oxygen atoms in total. The van der Waals surface area contributed by atoms with Gasteiger partial charge >= 0.3 is 5.97 Å². The molecule has 0 radical (unpaired) electrons. The Kier molecular flexibility index (Phi) is 6.75. The summed E-state index contributed by atoms with van der Waals surface area (Å²) in [4.78, 5) is 13.3. The van der Waals surface area contributed by atoms with E-state index in [0.29, 0.717) is 39.5 Å². The Bertz CT molecular complexity index is 1460. The van der Waals surface area contributed by atoms with E-state index >= 15 is 0 Å². The summed E-state index contributed by atoms with van der Waals surface area (Å²) in [6.07, 6.45) is 0. The summed E-state index contributed by atoms with van der Waals surface area (Å²) in [6, 6.07) is 13.1. The molecule has 40 heavy (non-hydrogen) atoms. The van der Waals surface area contributed by atoms with Crippen LogP contribution in [-0.4, -0.2) is 45.8 Å². The van der Waals surface area contributed by atoms with Crippen molar-refractivity contribution in [3.8, 4) is 28.7 Å². The number of rotatable bonds is 6. The monoisotopic (exact) mass is 566 g/mol. The number of hydrogen-bond donors (Lipinski definition) is 2. The lowest BCUT2D eigenvalue weighted by Crippen LogP contribution is -2.44. The fraction of sp³-hybridized carbons (Fsp3) is 0.310. The summed E-state index contributed by atoms with van der Waals surface area (Å²) in [5.74, 6) is 0.744. The Morgan fingerprint density at radius 3 is 2.20 bits per heavy atom. The van der Waals surface area contributed by atoms with Crippen LogP contribution in [0.5, 0.6) is 28.7 Å². The minimum absolute atomic E-state index is 0.102. The largest absolute Gasteiger partial charge is 0.493 e. The number of ether oxygens (including phenoxy) is 6. The first-order chi connectivity index (χ1) is 19.4. The molecular formula is C29H27FN2O7S. The van der Waals surface area contributed by atoms with Crippen molar-refractivity contribution in [2.45, 2.75) is 12.0 Å². The van der Waals surface area contributed by atoms with E-state index in [2.05, 4.69) is 10.6 Å². The first-order valence-corrected chi connectivity index (χ1v) is 13.1. The second-order valence-corrected chi connectivity index (χ2v) is 10.1. The number of benzene rings is 3. The van der Waals surface area contributed by atoms with Gasteiger partial charge < -0.3 is 39.1 Å². The van der Waals surface area contributed by atoms with Gasteiger partial charge in [0.25, 0.3) is 0 Å². The highest BCUT2D eigenvalue weighted by atomic mass is 32.1. The molecule has 2 aliphatic heterocycles. The molecule has 0 saturated carbocycles. The second kappa shape index (κ2) is 10.4. The van der Waals surface area contributed by atoms with Crippen molar-refractivity contribution < 1.29 is 37.6 Å². The number of fused-ring (bicyclic) bond motifs is 3. The van der Waals surface area contributed by atoms with Crippen LogP contribution in [-0.2, 0) is 9.53 Å². The van der Waals surface area contributed by atoms with Crippen LogP contribution < -0.4 is 34.3 Å². The molecule has 3 aliphatic rings. The minimum Gasteiger partial charge on any atom is -0.493 e. The first kappa shape index (κ1) is 26.0. The normalized spacial score (nSPS) is 22.1. The number of anilines is 1. The molecule has 0 unspecified atom stereocenters. The van der Waals surface area contributed by atoms with Crippen molar-refractivity contribution in [2.75, 3.05) is 40.0 Å². The fourth-order valence-electron chi connectivity index (χ4n) is 5.87. The van der Waals surface area contributed by atoms with Gasteiger partial charge in [0.2, 0.25) is 12.5 Å². The summed E-state index contributed by atoms with van der Waals surface area (Å²) >= 11 is 5.64. The highest BCUT2D eigenvalue weighted by molar-refractivity contribution is 7.80. The van der Waals surface area contributed by atoms with E-state index in [4.69, 9.17) is 40.6 Å². The fourth-order valence-corrected chi connectivity index (χ4v) is 6.12. The van der Waals surface area contributed by atoms with E-state index in [1.165, 1.54) is 12.1 Å². The maximum Gasteiger partial charge on any atom is 0.310 e. The smallest absolute Gasteiger partial charge is 0.310 e. The van der Waals surface area contributed by atoms with Crippen LogP contribution in [0.4, 0.5) is 10.1 Å². The lowest BCUT2D eigenvalue weighted by Gasteiger charge is -2.40. The Morgan fingerprint density at radius 1 is 0.925 bits per heavy atom. The van der Waals surface area contributed by atoms with Crippen LogP contribution in [0.2, 0.25) is 0 Å². The van der Waals surface area contributed by atoms with Crippen molar-refractivity contribution in [2.24, 2.45) is 11.8 Å². The number of halogens is 1. The maximum atomic E-state index is 13.4. The van der Waals surface area contributed by atoms with Crippen molar-refractivity contribution in [1.29, 1.82) is 0 Å². The van der Waals surface area contributed by atoms with Crippen molar-refractivity contribution in [3.05, 3.63) is 71.0 Å². The average molecular weight is 567 g/mol. The third-order valence-corrected chi connectivity index (χ3v) is 7.84. The van der Waals surface area contributed by atoms with Crippen molar-refractivity contribution >= 4 is 29.0 Å². The third-order valence-electron chi connectivity index (χ3n) is 7.62. The van der Waals surface area contributed by atoms with E-state index in [9.17, 15) is 9.18 Å². The summed E-state index contributed by atoms with van der Waals surface area (Å²) in [5.41, 5.74) is 3.19. The van der Waals surface area contributed by atoms with Crippen molar-refractivity contribution in [1.82, 2.24) is 5.32 Å². The van der Waals surface area contributed by atoms with Gasteiger partial charge in [-0.3, -0.25) is 4.79 Å². The lowest BCUT2D eigenvalue weighted by atomic mass is 9.65. The summed E-state index contributed by atoms with van der Waals surface area (Å²) in [7, 11) is 4.64. The predicted octanol–water partition coefficient (Wildman–Crippen LogP) is 4.54. The molecule has 0 bridgehead atoms. The molecule has 1 aliphatic carbocycles. The molecule has 1 saturated heterocycles. The van der Waals surface area contributed by atoms with Gasteiger partial charge in [-0.2, -0.15) is 0 Å². The zero-order valence-corrected chi connectivity index (χ0v) is 22.8. The van der Waals surface area contributed by atoms with E-state index in [0.717, 1.165) is 16.7 Å². The van der Waals surface area contributed by atoms with Gasteiger partial charge in [0.15, 0.2) is 28.1 Å². The molecule has 11 heteroatoms. The molecule has 0 amide bonds. The molecule has 2 N–H and O–H groups in total.